The van der Waals surface area contributed by atoms with Crippen molar-refractivity contribution in [1.29, 1.82) is 0 Å². The van der Waals surface area contributed by atoms with Crippen molar-refractivity contribution in [3.05, 3.63) is 97.5 Å². The summed E-state index contributed by atoms with van der Waals surface area (Å²) in [7, 11) is 0. The number of piperidine rings is 1. The molecule has 1 fully saturated rings. The van der Waals surface area contributed by atoms with Crippen molar-refractivity contribution in [1.82, 2.24) is 9.47 Å². The van der Waals surface area contributed by atoms with E-state index < -0.39 is 34.6 Å². The molecule has 2 aliphatic heterocycles. The standard InChI is InChI=1S/C26H25F2N3O5/c27-19-5-4-15(7-20(19)28)18(9-23(29)33)26-25(35)22(32)8-17(36-26)13-30-10-14-6-16(12-30)21-2-1-3-24(34)31(21)11-14/h1-5,7-8,14,16,18,35H,6,9-13H2,(H2,29,33)/t14-,16+,18?/m1/s1. The Labute approximate surface area is 204 Å². The number of halogens is 2. The molecule has 0 spiro atoms. The number of amides is 1. The van der Waals surface area contributed by atoms with E-state index in [1.54, 1.807) is 12.1 Å². The number of hydrogen-bond acceptors (Lipinski definition) is 6. The van der Waals surface area contributed by atoms with E-state index >= 15 is 0 Å². The summed E-state index contributed by atoms with van der Waals surface area (Å²) in [5.74, 6) is -4.33. The second-order valence-corrected chi connectivity index (χ2v) is 9.58. The monoisotopic (exact) mass is 497 g/mol. The van der Waals surface area contributed by atoms with Crippen LogP contribution >= 0.6 is 0 Å². The molecule has 10 heteroatoms. The summed E-state index contributed by atoms with van der Waals surface area (Å²) >= 11 is 0. The summed E-state index contributed by atoms with van der Waals surface area (Å²) in [6.07, 6.45) is 0.575. The molecule has 2 aliphatic rings. The molecule has 3 aromatic rings. The quantitative estimate of drug-likeness (QED) is 0.540. The number of nitrogens with two attached hydrogens (primary N) is 1. The number of pyridine rings is 1. The number of fused-ring (bicyclic) bond motifs is 4. The fraction of sp³-hybridized carbons (Fsp3) is 0.346. The van der Waals surface area contributed by atoms with Gasteiger partial charge in [-0.15, -0.1) is 0 Å². The first-order chi connectivity index (χ1) is 17.2. The lowest BCUT2D eigenvalue weighted by Crippen LogP contribution is -2.46. The zero-order valence-corrected chi connectivity index (χ0v) is 19.3. The highest BCUT2D eigenvalue weighted by atomic mass is 19.2. The van der Waals surface area contributed by atoms with Crippen molar-refractivity contribution in [3.63, 3.8) is 0 Å². The van der Waals surface area contributed by atoms with Gasteiger partial charge in [0.05, 0.1) is 12.5 Å². The first-order valence-corrected chi connectivity index (χ1v) is 11.7. The lowest BCUT2D eigenvalue weighted by molar-refractivity contribution is -0.118. The smallest absolute Gasteiger partial charge is 0.250 e. The maximum Gasteiger partial charge on any atom is 0.250 e. The van der Waals surface area contributed by atoms with Crippen LogP contribution in [0.4, 0.5) is 8.78 Å². The van der Waals surface area contributed by atoms with Gasteiger partial charge in [0.2, 0.25) is 17.1 Å². The minimum absolute atomic E-state index is 0.0115. The lowest BCUT2D eigenvalue weighted by atomic mass is 9.83. The van der Waals surface area contributed by atoms with Crippen molar-refractivity contribution in [2.75, 3.05) is 13.1 Å². The Kier molecular flexibility index (Phi) is 6.21. The SMILES string of the molecule is NC(=O)CC(c1ccc(F)c(F)c1)c1oc(CN2C[C@H]3C[C@@H](C2)c2cccc(=O)n2C3)cc(=O)c1O. The molecule has 2 bridgehead atoms. The maximum atomic E-state index is 13.9. The van der Waals surface area contributed by atoms with E-state index in [1.165, 1.54) is 12.1 Å². The second kappa shape index (κ2) is 9.34. The summed E-state index contributed by atoms with van der Waals surface area (Å²) in [4.78, 5) is 38.8. The highest BCUT2D eigenvalue weighted by molar-refractivity contribution is 5.75. The maximum absolute atomic E-state index is 13.9. The Bertz CT molecular complexity index is 1450. The number of aromatic nitrogens is 1. The third kappa shape index (κ3) is 4.56. The number of rotatable bonds is 6. The van der Waals surface area contributed by atoms with Crippen LogP contribution in [-0.2, 0) is 17.9 Å². The predicted octanol–water partition coefficient (Wildman–Crippen LogP) is 2.41. The molecule has 2 aromatic heterocycles. The molecular weight excluding hydrogens is 472 g/mol. The largest absolute Gasteiger partial charge is 0.502 e. The van der Waals surface area contributed by atoms with E-state index in [1.807, 2.05) is 10.6 Å². The van der Waals surface area contributed by atoms with Gasteiger partial charge in [-0.25, -0.2) is 8.78 Å². The van der Waals surface area contributed by atoms with E-state index in [2.05, 4.69) is 4.90 Å². The number of aromatic hydroxyl groups is 1. The van der Waals surface area contributed by atoms with Gasteiger partial charge in [-0.3, -0.25) is 19.3 Å². The van der Waals surface area contributed by atoms with Crippen LogP contribution in [0.15, 0.2) is 56.5 Å². The summed E-state index contributed by atoms with van der Waals surface area (Å²) in [6, 6.07) is 9.51. The molecule has 0 saturated carbocycles. The Hall–Kier alpha value is -3.79. The zero-order chi connectivity index (χ0) is 25.6. The summed E-state index contributed by atoms with van der Waals surface area (Å²) in [6.45, 7) is 2.20. The van der Waals surface area contributed by atoms with Crippen molar-refractivity contribution < 1.29 is 23.1 Å². The fourth-order valence-electron chi connectivity index (χ4n) is 5.51. The minimum atomic E-state index is -1.14. The molecule has 8 nitrogen and oxygen atoms in total. The van der Waals surface area contributed by atoms with E-state index in [0.29, 0.717) is 19.6 Å². The van der Waals surface area contributed by atoms with E-state index in [9.17, 15) is 28.3 Å². The first kappa shape index (κ1) is 23.9. The third-order valence-corrected chi connectivity index (χ3v) is 7.00. The number of nitrogens with zero attached hydrogens (tertiary/aromatic N) is 2. The second-order valence-electron chi connectivity index (χ2n) is 9.58. The Morgan fingerprint density at radius 2 is 1.92 bits per heavy atom. The van der Waals surface area contributed by atoms with Crippen LogP contribution in [0.1, 0.15) is 47.5 Å². The number of benzene rings is 1. The minimum Gasteiger partial charge on any atom is -0.502 e. The average Bonchev–Trinajstić information content (AvgIpc) is 2.82. The molecule has 5 rings (SSSR count). The highest BCUT2D eigenvalue weighted by Crippen LogP contribution is 2.37. The average molecular weight is 497 g/mol. The van der Waals surface area contributed by atoms with E-state index in [-0.39, 0.29) is 47.4 Å². The highest BCUT2D eigenvalue weighted by Gasteiger charge is 2.35. The molecule has 0 aliphatic carbocycles. The summed E-state index contributed by atoms with van der Waals surface area (Å²) < 4.78 is 35.2. The molecular formula is C26H25F2N3O5. The van der Waals surface area contributed by atoms with Crippen molar-refractivity contribution in [2.45, 2.75) is 37.8 Å². The van der Waals surface area contributed by atoms with Crippen molar-refractivity contribution >= 4 is 5.91 Å². The number of carbonyl (C=O) groups excluding carboxylic acids is 1. The van der Waals surface area contributed by atoms with Crippen LogP contribution < -0.4 is 16.7 Å². The molecule has 1 aromatic carbocycles. The van der Waals surface area contributed by atoms with Crippen LogP contribution in [0.5, 0.6) is 5.75 Å². The number of primary amides is 1. The van der Waals surface area contributed by atoms with Crippen LogP contribution in [0.2, 0.25) is 0 Å². The van der Waals surface area contributed by atoms with Gasteiger partial charge in [-0.05, 0) is 36.1 Å². The fourth-order valence-corrected chi connectivity index (χ4v) is 5.51. The molecule has 1 amide bonds. The Morgan fingerprint density at radius 3 is 2.67 bits per heavy atom. The van der Waals surface area contributed by atoms with Crippen LogP contribution in [-0.4, -0.2) is 33.6 Å². The van der Waals surface area contributed by atoms with Gasteiger partial charge in [-0.1, -0.05) is 12.1 Å². The van der Waals surface area contributed by atoms with Gasteiger partial charge in [0.1, 0.15) is 5.76 Å². The Balaban J connectivity index is 1.46. The third-order valence-electron chi connectivity index (χ3n) is 7.00. The van der Waals surface area contributed by atoms with Gasteiger partial charge in [0.25, 0.3) is 5.56 Å². The van der Waals surface area contributed by atoms with Gasteiger partial charge >= 0.3 is 0 Å². The normalized spacial score (nSPS) is 20.1. The molecule has 1 unspecified atom stereocenters. The zero-order valence-electron chi connectivity index (χ0n) is 19.3. The van der Waals surface area contributed by atoms with Crippen molar-refractivity contribution in [2.24, 2.45) is 11.7 Å². The molecule has 0 radical (unpaired) electrons. The van der Waals surface area contributed by atoms with E-state index in [0.717, 1.165) is 24.2 Å². The molecule has 1 saturated heterocycles. The van der Waals surface area contributed by atoms with Gasteiger partial charge in [0.15, 0.2) is 17.4 Å². The first-order valence-electron chi connectivity index (χ1n) is 11.7. The topological polar surface area (TPSA) is 119 Å². The van der Waals surface area contributed by atoms with Gasteiger partial charge in [0, 0.05) is 49.8 Å². The van der Waals surface area contributed by atoms with Gasteiger partial charge < -0.3 is 19.8 Å². The Morgan fingerprint density at radius 1 is 1.11 bits per heavy atom. The molecule has 36 heavy (non-hydrogen) atoms. The van der Waals surface area contributed by atoms with Gasteiger partial charge in [-0.2, -0.15) is 0 Å². The molecule has 3 N–H and O–H groups in total. The predicted molar refractivity (Wildman–Crippen MR) is 125 cm³/mol. The van der Waals surface area contributed by atoms with Crippen molar-refractivity contribution in [3.8, 4) is 5.75 Å². The van der Waals surface area contributed by atoms with Crippen LogP contribution in [0.25, 0.3) is 0 Å². The number of hydrogen-bond donors (Lipinski definition) is 2. The number of likely N-dealkylation sites (tertiary alicyclic amines) is 1. The summed E-state index contributed by atoms with van der Waals surface area (Å²) in [5.41, 5.74) is 5.77. The molecule has 4 heterocycles. The number of carbonyl (C=O) groups is 1. The van der Waals surface area contributed by atoms with E-state index in [4.69, 9.17) is 10.2 Å². The summed E-state index contributed by atoms with van der Waals surface area (Å²) in [5, 5.41) is 10.5. The van der Waals surface area contributed by atoms with Crippen LogP contribution in [0, 0.1) is 17.6 Å². The van der Waals surface area contributed by atoms with Crippen LogP contribution in [0.3, 0.4) is 0 Å². The molecule has 188 valence electrons. The molecule has 3 atom stereocenters. The lowest BCUT2D eigenvalue weighted by Gasteiger charge is -2.42.